The van der Waals surface area contributed by atoms with Gasteiger partial charge in [-0.3, -0.25) is 9.48 Å². The van der Waals surface area contributed by atoms with Crippen LogP contribution in [0.15, 0.2) is 54.9 Å². The van der Waals surface area contributed by atoms with Gasteiger partial charge in [-0.15, -0.1) is 0 Å². The van der Waals surface area contributed by atoms with Gasteiger partial charge in [0.25, 0.3) is 5.92 Å². The van der Waals surface area contributed by atoms with Crippen molar-refractivity contribution >= 4 is 17.7 Å². The number of aryl methyl sites for hydroxylation is 1. The van der Waals surface area contributed by atoms with Gasteiger partial charge in [0.1, 0.15) is 11.9 Å². The number of benzene rings is 2. The summed E-state index contributed by atoms with van der Waals surface area (Å²) in [7, 11) is 1.70. The van der Waals surface area contributed by atoms with E-state index < -0.39 is 24.7 Å². The molecule has 0 atom stereocenters. The summed E-state index contributed by atoms with van der Waals surface area (Å²) < 4.78 is 39.1. The number of hydrogen-bond acceptors (Lipinski definition) is 5. The highest BCUT2D eigenvalue weighted by molar-refractivity contribution is 5.95. The molecule has 5 rings (SSSR count). The monoisotopic (exact) mass is 664 g/mol. The van der Waals surface area contributed by atoms with Gasteiger partial charge in [0.15, 0.2) is 0 Å². The van der Waals surface area contributed by atoms with E-state index >= 15 is 0 Å². The molecule has 260 valence electrons. The third kappa shape index (κ3) is 9.14. The zero-order valence-electron chi connectivity index (χ0n) is 28.9. The number of carbonyl (C=O) groups is 2. The summed E-state index contributed by atoms with van der Waals surface area (Å²) in [6, 6.07) is 14.9. The molecule has 2 aliphatic rings. The Balaban J connectivity index is 1.28. The minimum atomic E-state index is -3.01. The van der Waals surface area contributed by atoms with E-state index in [1.807, 2.05) is 34.1 Å². The topological polar surface area (TPSA) is 85.7 Å². The molecule has 0 aliphatic heterocycles. The first-order chi connectivity index (χ1) is 22.9. The first-order valence-electron chi connectivity index (χ1n) is 17.3. The van der Waals surface area contributed by atoms with E-state index in [1.54, 1.807) is 7.11 Å². The number of halogens is 2. The molecule has 0 spiro atoms. The summed E-state index contributed by atoms with van der Waals surface area (Å²) in [5, 5.41) is 6.66. The summed E-state index contributed by atoms with van der Waals surface area (Å²) in [5.74, 6) is -1.35. The van der Waals surface area contributed by atoms with Crippen LogP contribution in [-0.4, -0.2) is 54.0 Å². The molecule has 2 saturated carbocycles. The smallest absolute Gasteiger partial charge is 0.407 e. The maximum Gasteiger partial charge on any atom is 0.407 e. The number of ether oxygens (including phenoxy) is 2. The van der Waals surface area contributed by atoms with Crippen LogP contribution >= 0.6 is 0 Å². The highest BCUT2D eigenvalue weighted by Crippen LogP contribution is 2.39. The average molecular weight is 665 g/mol. The van der Waals surface area contributed by atoms with Crippen LogP contribution in [0, 0.1) is 18.8 Å². The number of nitrogens with zero attached hydrogens (tertiary/aromatic N) is 3. The SMILES string of the molecule is COc1ccc(C2CCC(CN(C(=O)C3CCC(OC(=O)NCC(C)(F)F)CC3)c3cccc(-c4cnn(C(C)C)c4)c3)CC2)cc1C. The summed E-state index contributed by atoms with van der Waals surface area (Å²) >= 11 is 0. The summed E-state index contributed by atoms with van der Waals surface area (Å²) in [6.07, 6.45) is 9.05. The second kappa shape index (κ2) is 15.5. The molecule has 8 nitrogen and oxygen atoms in total. The number of hydrogen-bond donors (Lipinski definition) is 1. The number of anilines is 1. The molecule has 48 heavy (non-hydrogen) atoms. The predicted octanol–water partition coefficient (Wildman–Crippen LogP) is 8.70. The lowest BCUT2D eigenvalue weighted by Crippen LogP contribution is -2.42. The van der Waals surface area contributed by atoms with Crippen LogP contribution in [0.25, 0.3) is 11.1 Å². The lowest BCUT2D eigenvalue weighted by atomic mass is 9.78. The van der Waals surface area contributed by atoms with Gasteiger partial charge in [-0.2, -0.15) is 5.10 Å². The van der Waals surface area contributed by atoms with Crippen molar-refractivity contribution in [2.45, 2.75) is 103 Å². The Labute approximate surface area is 283 Å². The van der Waals surface area contributed by atoms with Crippen molar-refractivity contribution in [1.82, 2.24) is 15.1 Å². The van der Waals surface area contributed by atoms with Crippen LogP contribution < -0.4 is 15.0 Å². The first kappa shape index (κ1) is 35.4. The molecule has 2 fully saturated rings. The normalized spacial score (nSPS) is 21.5. The van der Waals surface area contributed by atoms with Crippen molar-refractivity contribution in [2.75, 3.05) is 25.1 Å². The molecule has 0 unspecified atom stereocenters. The predicted molar refractivity (Wildman–Crippen MR) is 184 cm³/mol. The lowest BCUT2D eigenvalue weighted by molar-refractivity contribution is -0.124. The maximum absolute atomic E-state index is 14.3. The largest absolute Gasteiger partial charge is 0.496 e. The zero-order chi connectivity index (χ0) is 34.4. The van der Waals surface area contributed by atoms with Gasteiger partial charge in [0.2, 0.25) is 5.91 Å². The van der Waals surface area contributed by atoms with Crippen molar-refractivity contribution in [3.63, 3.8) is 0 Å². The van der Waals surface area contributed by atoms with Crippen molar-refractivity contribution in [1.29, 1.82) is 0 Å². The fourth-order valence-electron chi connectivity index (χ4n) is 7.11. The highest BCUT2D eigenvalue weighted by Gasteiger charge is 2.34. The molecule has 1 N–H and O–H groups in total. The molecule has 0 saturated heterocycles. The Morgan fingerprint density at radius 1 is 1.02 bits per heavy atom. The molecule has 2 aliphatic carbocycles. The molecule has 2 aromatic carbocycles. The standard InChI is InChI=1S/C38H50F2N4O4/c1-25(2)44-23-32(21-42-44)30-7-6-8-33(20-30)43(22-27-9-11-28(12-10-27)31-15-18-35(47-5)26(3)19-31)36(45)29-13-16-34(17-14-29)48-37(46)41-24-38(4,39)40/h6-8,15,18-21,23,25,27-29,34H,9-14,16-17,22,24H2,1-5H3,(H,41,46). The molecule has 10 heteroatoms. The molecular formula is C38H50F2N4O4. The number of carbonyl (C=O) groups excluding carboxylic acids is 2. The first-order valence-corrected chi connectivity index (χ1v) is 17.3. The minimum absolute atomic E-state index is 0.0893. The number of methoxy groups -OCH3 is 1. The molecule has 2 amide bonds. The summed E-state index contributed by atoms with van der Waals surface area (Å²) in [6.45, 7) is 6.89. The second-order valence-corrected chi connectivity index (χ2v) is 14.1. The molecule has 1 aromatic heterocycles. The fourth-order valence-corrected chi connectivity index (χ4v) is 7.11. The van der Waals surface area contributed by atoms with Gasteiger partial charge in [-0.1, -0.05) is 24.3 Å². The highest BCUT2D eigenvalue weighted by atomic mass is 19.3. The van der Waals surface area contributed by atoms with Crippen LogP contribution in [0.3, 0.4) is 0 Å². The van der Waals surface area contributed by atoms with Gasteiger partial charge in [-0.25, -0.2) is 13.6 Å². The molecular weight excluding hydrogens is 614 g/mol. The second-order valence-electron chi connectivity index (χ2n) is 14.1. The van der Waals surface area contributed by atoms with Crippen molar-refractivity contribution in [3.8, 4) is 16.9 Å². The van der Waals surface area contributed by atoms with E-state index in [4.69, 9.17) is 9.47 Å². The number of nitrogens with one attached hydrogen (secondary N) is 1. The fraction of sp³-hybridized carbons (Fsp3) is 0.553. The molecule has 1 heterocycles. The van der Waals surface area contributed by atoms with Crippen molar-refractivity contribution in [2.24, 2.45) is 11.8 Å². The number of alkyl halides is 2. The maximum atomic E-state index is 14.3. The van der Waals surface area contributed by atoms with E-state index in [2.05, 4.69) is 61.5 Å². The molecule has 0 radical (unpaired) electrons. The van der Waals surface area contributed by atoms with E-state index in [9.17, 15) is 18.4 Å². The minimum Gasteiger partial charge on any atom is -0.496 e. The van der Waals surface area contributed by atoms with Gasteiger partial charge < -0.3 is 19.7 Å². The van der Waals surface area contributed by atoms with Gasteiger partial charge in [0.05, 0.1) is 19.9 Å². The number of alkyl carbamates (subject to hydrolysis) is 1. The van der Waals surface area contributed by atoms with Crippen LogP contribution in [0.5, 0.6) is 5.75 Å². The quantitative estimate of drug-likeness (QED) is 0.222. The number of rotatable bonds is 11. The number of aromatic nitrogens is 2. The number of amides is 2. The van der Waals surface area contributed by atoms with E-state index in [0.717, 1.165) is 60.7 Å². The van der Waals surface area contributed by atoms with Crippen LogP contribution in [0.1, 0.15) is 95.2 Å². The van der Waals surface area contributed by atoms with Gasteiger partial charge in [-0.05, 0) is 119 Å². The van der Waals surface area contributed by atoms with E-state index in [1.165, 1.54) is 5.56 Å². The van der Waals surface area contributed by atoms with Crippen LogP contribution in [-0.2, 0) is 9.53 Å². The Morgan fingerprint density at radius 2 is 1.75 bits per heavy atom. The summed E-state index contributed by atoms with van der Waals surface area (Å²) in [4.78, 5) is 28.4. The summed E-state index contributed by atoms with van der Waals surface area (Å²) in [5.41, 5.74) is 5.39. The third-order valence-corrected chi connectivity index (χ3v) is 9.91. The molecule has 3 aromatic rings. The van der Waals surface area contributed by atoms with E-state index in [-0.39, 0.29) is 17.9 Å². The zero-order valence-corrected chi connectivity index (χ0v) is 28.9. The van der Waals surface area contributed by atoms with Crippen molar-refractivity contribution < 1.29 is 27.8 Å². The van der Waals surface area contributed by atoms with E-state index in [0.29, 0.717) is 44.1 Å². The third-order valence-electron chi connectivity index (χ3n) is 9.91. The average Bonchev–Trinajstić information content (AvgIpc) is 3.58. The van der Waals surface area contributed by atoms with Crippen LogP contribution in [0.4, 0.5) is 19.3 Å². The Kier molecular flexibility index (Phi) is 11.4. The van der Waals surface area contributed by atoms with Gasteiger partial charge >= 0.3 is 6.09 Å². The molecule has 0 bridgehead atoms. The Bertz CT molecular complexity index is 1540. The Morgan fingerprint density at radius 3 is 2.38 bits per heavy atom. The van der Waals surface area contributed by atoms with Crippen molar-refractivity contribution in [3.05, 3.63) is 66.0 Å². The Hall–Kier alpha value is -3.95. The van der Waals surface area contributed by atoms with Crippen LogP contribution in [0.2, 0.25) is 0 Å². The van der Waals surface area contributed by atoms with Gasteiger partial charge in [0, 0.05) is 42.9 Å². The lowest BCUT2D eigenvalue weighted by Gasteiger charge is -2.36.